The molecule has 4 nitrogen and oxygen atoms in total. The van der Waals surface area contributed by atoms with E-state index in [-0.39, 0.29) is 23.4 Å². The Hall–Kier alpha value is -2.56. The van der Waals surface area contributed by atoms with Gasteiger partial charge in [0.1, 0.15) is 0 Å². The van der Waals surface area contributed by atoms with Gasteiger partial charge < -0.3 is 10.6 Å². The van der Waals surface area contributed by atoms with E-state index in [0.717, 1.165) is 10.8 Å². The number of halogens is 2. The maximum Gasteiger partial charge on any atom is 0.252 e. The van der Waals surface area contributed by atoms with Crippen LogP contribution in [0.5, 0.6) is 0 Å². The summed E-state index contributed by atoms with van der Waals surface area (Å²) in [5.74, 6) is -0.494. The molecular weight excluding hydrogens is 371 g/mol. The van der Waals surface area contributed by atoms with E-state index in [2.05, 4.69) is 10.6 Å². The summed E-state index contributed by atoms with van der Waals surface area (Å²) in [5, 5.41) is 8.19. The van der Waals surface area contributed by atoms with Crippen LogP contribution < -0.4 is 10.6 Å². The monoisotopic (exact) mass is 386 g/mol. The minimum absolute atomic E-state index is 0.180. The van der Waals surface area contributed by atoms with Crippen molar-refractivity contribution in [1.82, 2.24) is 10.6 Å². The summed E-state index contributed by atoms with van der Waals surface area (Å²) in [7, 11) is 0. The molecule has 0 aliphatic rings. The van der Waals surface area contributed by atoms with Crippen molar-refractivity contribution in [2.24, 2.45) is 0 Å². The fourth-order valence-electron chi connectivity index (χ4n) is 2.64. The van der Waals surface area contributed by atoms with Crippen LogP contribution in [-0.4, -0.2) is 24.9 Å². The number of benzene rings is 3. The maximum absolute atomic E-state index is 12.4. The molecule has 2 amide bonds. The molecule has 0 aliphatic heterocycles. The van der Waals surface area contributed by atoms with Crippen molar-refractivity contribution in [1.29, 1.82) is 0 Å². The van der Waals surface area contributed by atoms with E-state index in [1.165, 1.54) is 6.07 Å². The lowest BCUT2D eigenvalue weighted by Gasteiger charge is -2.10. The van der Waals surface area contributed by atoms with E-state index < -0.39 is 0 Å². The Labute approximate surface area is 161 Å². The first-order valence-corrected chi connectivity index (χ1v) is 8.81. The molecule has 0 radical (unpaired) electrons. The molecule has 3 aromatic carbocycles. The molecule has 132 valence electrons. The van der Waals surface area contributed by atoms with Gasteiger partial charge in [0, 0.05) is 23.7 Å². The molecule has 0 aromatic heterocycles. The summed E-state index contributed by atoms with van der Waals surface area (Å²) in [6, 6.07) is 18.0. The van der Waals surface area contributed by atoms with Gasteiger partial charge in [0.15, 0.2) is 0 Å². The predicted molar refractivity (Wildman–Crippen MR) is 105 cm³/mol. The number of fused-ring (bicyclic) bond motifs is 1. The molecule has 6 heteroatoms. The zero-order chi connectivity index (χ0) is 18.5. The van der Waals surface area contributed by atoms with Crippen molar-refractivity contribution < 1.29 is 9.59 Å². The van der Waals surface area contributed by atoms with Crippen molar-refractivity contribution in [3.05, 3.63) is 81.8 Å². The lowest BCUT2D eigenvalue weighted by Crippen LogP contribution is -2.34. The molecule has 0 fully saturated rings. The number of hydrogen-bond donors (Lipinski definition) is 2. The molecule has 0 aliphatic carbocycles. The Bertz CT molecular complexity index is 968. The number of hydrogen-bond acceptors (Lipinski definition) is 2. The summed E-state index contributed by atoms with van der Waals surface area (Å²) in [5.41, 5.74) is 0.951. The lowest BCUT2D eigenvalue weighted by atomic mass is 10.0. The van der Waals surface area contributed by atoms with Gasteiger partial charge in [-0.1, -0.05) is 59.6 Å². The zero-order valence-corrected chi connectivity index (χ0v) is 15.3. The van der Waals surface area contributed by atoms with Crippen molar-refractivity contribution >= 4 is 45.8 Å². The van der Waals surface area contributed by atoms with Crippen LogP contribution in [-0.2, 0) is 0 Å². The highest BCUT2D eigenvalue weighted by Crippen LogP contribution is 2.21. The first-order chi connectivity index (χ1) is 12.6. The first-order valence-electron chi connectivity index (χ1n) is 8.05. The second-order valence-electron chi connectivity index (χ2n) is 5.66. The number of amides is 2. The maximum atomic E-state index is 12.4. The minimum Gasteiger partial charge on any atom is -0.350 e. The molecule has 26 heavy (non-hydrogen) atoms. The van der Waals surface area contributed by atoms with Crippen LogP contribution in [0.4, 0.5) is 0 Å². The molecule has 0 bridgehead atoms. The average molecular weight is 387 g/mol. The van der Waals surface area contributed by atoms with E-state index >= 15 is 0 Å². The molecule has 0 heterocycles. The fourth-order valence-corrected chi connectivity index (χ4v) is 3.13. The van der Waals surface area contributed by atoms with E-state index in [1.807, 2.05) is 36.4 Å². The summed E-state index contributed by atoms with van der Waals surface area (Å²) in [4.78, 5) is 24.5. The van der Waals surface area contributed by atoms with E-state index in [4.69, 9.17) is 23.2 Å². The molecule has 2 N–H and O–H groups in total. The highest BCUT2D eigenvalue weighted by Gasteiger charge is 2.11. The van der Waals surface area contributed by atoms with Crippen LogP contribution in [0.1, 0.15) is 20.7 Å². The molecule has 3 aromatic rings. The van der Waals surface area contributed by atoms with Gasteiger partial charge in [0.25, 0.3) is 11.8 Å². The highest BCUT2D eigenvalue weighted by molar-refractivity contribution is 6.36. The lowest BCUT2D eigenvalue weighted by molar-refractivity contribution is 0.0928. The number of carbonyl (C=O) groups is 2. The van der Waals surface area contributed by atoms with Gasteiger partial charge in [0.2, 0.25) is 0 Å². The van der Waals surface area contributed by atoms with Gasteiger partial charge in [0.05, 0.1) is 10.6 Å². The molecular formula is C20H16Cl2N2O2. The van der Waals surface area contributed by atoms with E-state index in [0.29, 0.717) is 22.7 Å². The van der Waals surface area contributed by atoms with Gasteiger partial charge in [-0.05, 0) is 35.0 Å². The quantitative estimate of drug-likeness (QED) is 0.641. The molecule has 3 rings (SSSR count). The zero-order valence-electron chi connectivity index (χ0n) is 13.8. The van der Waals surface area contributed by atoms with E-state index in [1.54, 1.807) is 18.2 Å². The van der Waals surface area contributed by atoms with Crippen molar-refractivity contribution in [2.45, 2.75) is 0 Å². The fraction of sp³-hybridized carbons (Fsp3) is 0.100. The highest BCUT2D eigenvalue weighted by atomic mass is 35.5. The van der Waals surface area contributed by atoms with Crippen LogP contribution >= 0.6 is 23.2 Å². The van der Waals surface area contributed by atoms with Crippen LogP contribution in [0.25, 0.3) is 10.8 Å². The normalized spacial score (nSPS) is 10.5. The molecule has 0 saturated heterocycles. The number of rotatable bonds is 5. The second-order valence-corrected chi connectivity index (χ2v) is 6.51. The number of nitrogens with one attached hydrogen (secondary N) is 2. The van der Waals surface area contributed by atoms with Crippen LogP contribution in [0.15, 0.2) is 60.7 Å². The predicted octanol–water partition coefficient (Wildman–Crippen LogP) is 4.31. The van der Waals surface area contributed by atoms with E-state index in [9.17, 15) is 9.59 Å². The van der Waals surface area contributed by atoms with Gasteiger partial charge in [-0.2, -0.15) is 0 Å². The van der Waals surface area contributed by atoms with Crippen molar-refractivity contribution in [3.63, 3.8) is 0 Å². The van der Waals surface area contributed by atoms with Gasteiger partial charge in [-0.3, -0.25) is 9.59 Å². The first kappa shape index (κ1) is 18.2. The molecule has 0 spiro atoms. The van der Waals surface area contributed by atoms with Crippen LogP contribution in [0.2, 0.25) is 10.0 Å². The van der Waals surface area contributed by atoms with Crippen molar-refractivity contribution in [3.8, 4) is 0 Å². The summed E-state index contributed by atoms with van der Waals surface area (Å²) in [6.45, 7) is 0.591. The third-order valence-electron chi connectivity index (χ3n) is 3.91. The third-order valence-corrected chi connectivity index (χ3v) is 4.45. The molecule has 0 unspecified atom stereocenters. The molecule has 0 saturated carbocycles. The second kappa shape index (κ2) is 8.21. The average Bonchev–Trinajstić information content (AvgIpc) is 2.64. The van der Waals surface area contributed by atoms with Gasteiger partial charge >= 0.3 is 0 Å². The Morgan fingerprint density at radius 2 is 1.42 bits per heavy atom. The summed E-state index contributed by atoms with van der Waals surface area (Å²) < 4.78 is 0. The molecule has 0 atom stereocenters. The Kier molecular flexibility index (Phi) is 5.76. The Balaban J connectivity index is 1.56. The number of carbonyl (C=O) groups excluding carboxylic acids is 2. The summed E-state index contributed by atoms with van der Waals surface area (Å²) in [6.07, 6.45) is 0. The topological polar surface area (TPSA) is 58.2 Å². The van der Waals surface area contributed by atoms with Gasteiger partial charge in [-0.15, -0.1) is 0 Å². The summed E-state index contributed by atoms with van der Waals surface area (Å²) >= 11 is 11.8. The van der Waals surface area contributed by atoms with Crippen molar-refractivity contribution in [2.75, 3.05) is 13.1 Å². The minimum atomic E-state index is -0.314. The Morgan fingerprint density at radius 1 is 0.769 bits per heavy atom. The third kappa shape index (κ3) is 4.15. The SMILES string of the molecule is O=C(NCCNC(=O)c1cccc2ccccc12)c1ccc(Cl)cc1Cl. The van der Waals surface area contributed by atoms with Crippen LogP contribution in [0, 0.1) is 0 Å². The Morgan fingerprint density at radius 3 is 2.15 bits per heavy atom. The van der Waals surface area contributed by atoms with Crippen LogP contribution in [0.3, 0.4) is 0 Å². The smallest absolute Gasteiger partial charge is 0.252 e. The van der Waals surface area contributed by atoms with Gasteiger partial charge in [-0.25, -0.2) is 0 Å². The standard InChI is InChI=1S/C20H16Cl2N2O2/c21-14-8-9-17(18(22)12-14)20(26)24-11-10-23-19(25)16-7-3-5-13-4-1-2-6-15(13)16/h1-9,12H,10-11H2,(H,23,25)(H,24,26). The largest absolute Gasteiger partial charge is 0.350 e.